The van der Waals surface area contributed by atoms with Crippen molar-refractivity contribution < 1.29 is 17.9 Å². The summed E-state index contributed by atoms with van der Waals surface area (Å²) in [5.74, 6) is -0.0632. The van der Waals surface area contributed by atoms with Crippen LogP contribution in [-0.2, 0) is 0 Å². The van der Waals surface area contributed by atoms with Gasteiger partial charge in [0.05, 0.1) is 10.2 Å². The Morgan fingerprint density at radius 2 is 1.76 bits per heavy atom. The molecule has 110 valence electrons. The zero-order valence-electron chi connectivity index (χ0n) is 10.6. The van der Waals surface area contributed by atoms with Crippen LogP contribution in [0.2, 0.25) is 0 Å². The van der Waals surface area contributed by atoms with E-state index < -0.39 is 6.36 Å². The molecule has 0 spiro atoms. The SMILES string of the molecule is NC(=Nc1ccc(OC(F)(F)F)c(Br)c1)c1ccccc1. The summed E-state index contributed by atoms with van der Waals surface area (Å²) in [7, 11) is 0. The molecule has 7 heteroatoms. The minimum atomic E-state index is -4.74. The highest BCUT2D eigenvalue weighted by Gasteiger charge is 2.31. The Hall–Kier alpha value is -2.02. The van der Waals surface area contributed by atoms with Gasteiger partial charge >= 0.3 is 6.36 Å². The van der Waals surface area contributed by atoms with Gasteiger partial charge in [-0.15, -0.1) is 13.2 Å². The summed E-state index contributed by atoms with van der Waals surface area (Å²) < 4.78 is 40.5. The van der Waals surface area contributed by atoms with E-state index in [-0.39, 0.29) is 16.1 Å². The van der Waals surface area contributed by atoms with Gasteiger partial charge in [-0.1, -0.05) is 30.3 Å². The molecular weight excluding hydrogens is 349 g/mol. The third-order valence-corrected chi connectivity index (χ3v) is 3.08. The highest BCUT2D eigenvalue weighted by Crippen LogP contribution is 2.33. The van der Waals surface area contributed by atoms with E-state index in [1.807, 2.05) is 18.2 Å². The maximum atomic E-state index is 12.2. The van der Waals surface area contributed by atoms with Crippen LogP contribution >= 0.6 is 15.9 Å². The minimum Gasteiger partial charge on any atom is -0.405 e. The first-order chi connectivity index (χ1) is 9.85. The normalized spacial score (nSPS) is 12.3. The monoisotopic (exact) mass is 358 g/mol. The smallest absolute Gasteiger partial charge is 0.405 e. The van der Waals surface area contributed by atoms with Crippen molar-refractivity contribution in [2.45, 2.75) is 6.36 Å². The quantitative estimate of drug-likeness (QED) is 0.653. The third kappa shape index (κ3) is 4.49. The van der Waals surface area contributed by atoms with Crippen LogP contribution in [0.4, 0.5) is 18.9 Å². The van der Waals surface area contributed by atoms with Crippen molar-refractivity contribution in [2.75, 3.05) is 0 Å². The third-order valence-electron chi connectivity index (χ3n) is 2.46. The van der Waals surface area contributed by atoms with Gasteiger partial charge in [-0.3, -0.25) is 0 Å². The lowest BCUT2D eigenvalue weighted by Crippen LogP contribution is -2.17. The van der Waals surface area contributed by atoms with Crippen LogP contribution in [0, 0.1) is 0 Å². The summed E-state index contributed by atoms with van der Waals surface area (Å²) in [5, 5.41) is 0. The number of nitrogens with zero attached hydrogens (tertiary/aromatic N) is 1. The van der Waals surface area contributed by atoms with Crippen LogP contribution < -0.4 is 10.5 Å². The lowest BCUT2D eigenvalue weighted by atomic mass is 10.2. The van der Waals surface area contributed by atoms with E-state index in [0.29, 0.717) is 5.69 Å². The van der Waals surface area contributed by atoms with E-state index in [2.05, 4.69) is 25.7 Å². The predicted octanol–water partition coefficient (Wildman–Crippen LogP) is 4.38. The Morgan fingerprint density at radius 1 is 1.10 bits per heavy atom. The number of hydrogen-bond donors (Lipinski definition) is 1. The molecule has 0 bridgehead atoms. The molecule has 0 unspecified atom stereocenters. The van der Waals surface area contributed by atoms with E-state index in [4.69, 9.17) is 5.73 Å². The molecule has 2 aromatic carbocycles. The second-order valence-corrected chi connectivity index (χ2v) is 4.88. The van der Waals surface area contributed by atoms with Gasteiger partial charge in [-0.2, -0.15) is 0 Å². The van der Waals surface area contributed by atoms with Crippen molar-refractivity contribution in [1.29, 1.82) is 0 Å². The number of nitrogens with two attached hydrogens (primary N) is 1. The zero-order valence-corrected chi connectivity index (χ0v) is 12.1. The van der Waals surface area contributed by atoms with Gasteiger partial charge in [0.25, 0.3) is 0 Å². The molecule has 2 rings (SSSR count). The molecule has 0 atom stereocenters. The minimum absolute atomic E-state index is 0.141. The van der Waals surface area contributed by atoms with E-state index >= 15 is 0 Å². The molecule has 0 saturated carbocycles. The fourth-order valence-electron chi connectivity index (χ4n) is 1.58. The van der Waals surface area contributed by atoms with Crippen molar-refractivity contribution in [3.63, 3.8) is 0 Å². The number of alkyl halides is 3. The largest absolute Gasteiger partial charge is 0.573 e. The Morgan fingerprint density at radius 3 is 2.33 bits per heavy atom. The molecular formula is C14H10BrF3N2O. The number of rotatable bonds is 3. The summed E-state index contributed by atoms with van der Waals surface area (Å²) in [6, 6.07) is 13.0. The Bertz CT molecular complexity index is 657. The molecule has 3 nitrogen and oxygen atoms in total. The van der Waals surface area contributed by atoms with Crippen molar-refractivity contribution in [3.8, 4) is 5.75 Å². The fourth-order valence-corrected chi connectivity index (χ4v) is 2.03. The Labute approximate surface area is 127 Å². The van der Waals surface area contributed by atoms with Gasteiger partial charge in [-0.05, 0) is 34.1 Å². The standard InChI is InChI=1S/C14H10BrF3N2O/c15-11-8-10(6-7-12(11)21-14(16,17)18)20-13(19)9-4-2-1-3-5-9/h1-8H,(H2,19,20). The number of hydrogen-bond acceptors (Lipinski definition) is 2. The summed E-state index contributed by atoms with van der Waals surface area (Å²) >= 11 is 3.01. The Kier molecular flexibility index (Phi) is 4.52. The number of aliphatic imine (C=N–C) groups is 1. The molecule has 0 aliphatic heterocycles. The van der Waals surface area contributed by atoms with Crippen molar-refractivity contribution in [1.82, 2.24) is 0 Å². The number of ether oxygens (including phenoxy) is 1. The molecule has 0 heterocycles. The van der Waals surface area contributed by atoms with Crippen LogP contribution in [0.1, 0.15) is 5.56 Å². The van der Waals surface area contributed by atoms with Gasteiger partial charge in [0.1, 0.15) is 11.6 Å². The van der Waals surface area contributed by atoms with Gasteiger partial charge < -0.3 is 10.5 Å². The summed E-state index contributed by atoms with van der Waals surface area (Å²) in [6.45, 7) is 0. The van der Waals surface area contributed by atoms with Crippen LogP contribution in [0.5, 0.6) is 5.75 Å². The maximum absolute atomic E-state index is 12.2. The first-order valence-corrected chi connectivity index (χ1v) is 6.59. The Balaban J connectivity index is 2.25. The maximum Gasteiger partial charge on any atom is 0.573 e. The van der Waals surface area contributed by atoms with Crippen LogP contribution in [0.25, 0.3) is 0 Å². The van der Waals surface area contributed by atoms with E-state index in [1.54, 1.807) is 12.1 Å². The highest BCUT2D eigenvalue weighted by atomic mass is 79.9. The first kappa shape index (κ1) is 15.4. The predicted molar refractivity (Wildman–Crippen MR) is 77.7 cm³/mol. The van der Waals surface area contributed by atoms with Crippen molar-refractivity contribution in [2.24, 2.45) is 10.7 Å². The molecule has 0 aliphatic carbocycles. The van der Waals surface area contributed by atoms with Gasteiger partial charge in [-0.25, -0.2) is 4.99 Å². The molecule has 2 N–H and O–H groups in total. The first-order valence-electron chi connectivity index (χ1n) is 5.80. The van der Waals surface area contributed by atoms with Crippen LogP contribution in [0.3, 0.4) is 0 Å². The van der Waals surface area contributed by atoms with Gasteiger partial charge in [0.2, 0.25) is 0 Å². The number of benzene rings is 2. The van der Waals surface area contributed by atoms with E-state index in [0.717, 1.165) is 5.56 Å². The summed E-state index contributed by atoms with van der Waals surface area (Å²) in [6.07, 6.45) is -4.74. The molecule has 0 aromatic heterocycles. The van der Waals surface area contributed by atoms with Crippen LogP contribution in [-0.4, -0.2) is 12.2 Å². The summed E-state index contributed by atoms with van der Waals surface area (Å²) in [4.78, 5) is 4.16. The molecule has 0 aliphatic rings. The van der Waals surface area contributed by atoms with Crippen molar-refractivity contribution >= 4 is 27.5 Å². The van der Waals surface area contributed by atoms with Gasteiger partial charge in [0, 0.05) is 5.56 Å². The lowest BCUT2D eigenvalue weighted by Gasteiger charge is -2.10. The van der Waals surface area contributed by atoms with E-state index in [9.17, 15) is 13.2 Å². The lowest BCUT2D eigenvalue weighted by molar-refractivity contribution is -0.274. The zero-order chi connectivity index (χ0) is 15.5. The van der Waals surface area contributed by atoms with Crippen molar-refractivity contribution in [3.05, 3.63) is 58.6 Å². The fraction of sp³-hybridized carbons (Fsp3) is 0.0714. The van der Waals surface area contributed by atoms with E-state index in [1.165, 1.54) is 18.2 Å². The molecule has 0 radical (unpaired) electrons. The average molecular weight is 359 g/mol. The topological polar surface area (TPSA) is 47.6 Å². The molecule has 0 amide bonds. The van der Waals surface area contributed by atoms with Gasteiger partial charge in [0.15, 0.2) is 0 Å². The highest BCUT2D eigenvalue weighted by molar-refractivity contribution is 9.10. The average Bonchev–Trinajstić information content (AvgIpc) is 2.41. The molecule has 0 fully saturated rings. The second kappa shape index (κ2) is 6.17. The number of halogens is 4. The summed E-state index contributed by atoms with van der Waals surface area (Å²) in [5.41, 5.74) is 6.98. The molecule has 21 heavy (non-hydrogen) atoms. The molecule has 0 saturated heterocycles. The second-order valence-electron chi connectivity index (χ2n) is 4.03. The van der Waals surface area contributed by atoms with Crippen LogP contribution in [0.15, 0.2) is 58.0 Å². The molecule has 2 aromatic rings. The number of amidine groups is 1.